The van der Waals surface area contributed by atoms with Gasteiger partial charge in [-0.2, -0.15) is 4.31 Å². The maximum absolute atomic E-state index is 12.8. The molecule has 2 fully saturated rings. The van der Waals surface area contributed by atoms with Crippen LogP contribution in [0.25, 0.3) is 10.6 Å². The summed E-state index contributed by atoms with van der Waals surface area (Å²) in [4.78, 5) is 19.3. The van der Waals surface area contributed by atoms with Crippen molar-refractivity contribution >= 4 is 37.1 Å². The summed E-state index contributed by atoms with van der Waals surface area (Å²) < 4.78 is 50.1. The van der Waals surface area contributed by atoms with Crippen molar-refractivity contribution in [3.05, 3.63) is 41.4 Å². The zero-order valence-electron chi connectivity index (χ0n) is 15.6. The van der Waals surface area contributed by atoms with Gasteiger partial charge in [-0.15, -0.1) is 11.3 Å². The summed E-state index contributed by atoms with van der Waals surface area (Å²) in [6.07, 6.45) is 1.70. The summed E-state index contributed by atoms with van der Waals surface area (Å²) in [5, 5.41) is -0.109. The number of benzene rings is 1. The SMILES string of the molecule is O=C(c1cnc(-c2ccccc2)s1)N1CCN(S(=O)(=O)C2CCS(=O)(=O)C2)CC1. The Morgan fingerprint density at radius 3 is 2.41 bits per heavy atom. The largest absolute Gasteiger partial charge is 0.335 e. The quantitative estimate of drug-likeness (QED) is 0.683. The molecule has 0 N–H and O–H groups in total. The fourth-order valence-corrected chi connectivity index (χ4v) is 9.00. The summed E-state index contributed by atoms with van der Waals surface area (Å²) in [6, 6.07) is 9.60. The lowest BCUT2D eigenvalue weighted by atomic mass is 10.2. The van der Waals surface area contributed by atoms with Crippen LogP contribution in [0.2, 0.25) is 0 Å². The maximum atomic E-state index is 12.8. The van der Waals surface area contributed by atoms with Gasteiger partial charge in [-0.3, -0.25) is 4.79 Å². The third kappa shape index (κ3) is 4.23. The highest BCUT2D eigenvalue weighted by Crippen LogP contribution is 2.27. The molecule has 2 saturated heterocycles. The van der Waals surface area contributed by atoms with E-state index < -0.39 is 25.1 Å². The number of sulfone groups is 1. The minimum atomic E-state index is -3.67. The second-order valence-corrected chi connectivity index (χ2v) is 12.6. The summed E-state index contributed by atoms with van der Waals surface area (Å²) >= 11 is 1.31. The second kappa shape index (κ2) is 7.78. The van der Waals surface area contributed by atoms with Crippen LogP contribution in [0.1, 0.15) is 16.1 Å². The minimum Gasteiger partial charge on any atom is -0.335 e. The molecule has 11 heteroatoms. The predicted molar refractivity (Wildman–Crippen MR) is 111 cm³/mol. The highest BCUT2D eigenvalue weighted by Gasteiger charge is 2.41. The number of nitrogens with zero attached hydrogens (tertiary/aromatic N) is 3. The van der Waals surface area contributed by atoms with Crippen molar-refractivity contribution in [1.29, 1.82) is 0 Å². The van der Waals surface area contributed by atoms with E-state index in [2.05, 4.69) is 4.98 Å². The van der Waals surface area contributed by atoms with E-state index in [-0.39, 0.29) is 50.0 Å². The number of aromatic nitrogens is 1. The molecule has 29 heavy (non-hydrogen) atoms. The molecule has 0 saturated carbocycles. The van der Waals surface area contributed by atoms with Crippen LogP contribution in [0.3, 0.4) is 0 Å². The number of hydrogen-bond donors (Lipinski definition) is 0. The molecule has 0 aliphatic carbocycles. The van der Waals surface area contributed by atoms with Crippen molar-refractivity contribution in [3.63, 3.8) is 0 Å². The molecule has 3 heterocycles. The lowest BCUT2D eigenvalue weighted by molar-refractivity contribution is 0.0702. The van der Waals surface area contributed by atoms with E-state index in [1.165, 1.54) is 15.6 Å². The van der Waals surface area contributed by atoms with Crippen molar-refractivity contribution in [2.45, 2.75) is 11.7 Å². The number of sulfonamides is 1. The molecule has 156 valence electrons. The molecule has 8 nitrogen and oxygen atoms in total. The fourth-order valence-electron chi connectivity index (χ4n) is 3.60. The van der Waals surface area contributed by atoms with E-state index in [9.17, 15) is 21.6 Å². The molecular formula is C18H21N3O5S3. The summed E-state index contributed by atoms with van der Waals surface area (Å²) in [5.74, 6) is -0.549. The van der Waals surface area contributed by atoms with Crippen LogP contribution in [0, 0.1) is 0 Å². The van der Waals surface area contributed by atoms with Gasteiger partial charge in [0.05, 0.1) is 23.0 Å². The third-order valence-electron chi connectivity index (χ3n) is 5.23. The van der Waals surface area contributed by atoms with Gasteiger partial charge < -0.3 is 4.90 Å². The average Bonchev–Trinajstić information content (AvgIpc) is 3.35. The average molecular weight is 456 g/mol. The lowest BCUT2D eigenvalue weighted by Crippen LogP contribution is -2.52. The maximum Gasteiger partial charge on any atom is 0.265 e. The van der Waals surface area contributed by atoms with Crippen molar-refractivity contribution in [1.82, 2.24) is 14.2 Å². The van der Waals surface area contributed by atoms with E-state index in [4.69, 9.17) is 0 Å². The Hall–Kier alpha value is -1.82. The molecule has 2 aliphatic heterocycles. The van der Waals surface area contributed by atoms with Gasteiger partial charge in [0.15, 0.2) is 9.84 Å². The number of rotatable bonds is 4. The van der Waals surface area contributed by atoms with E-state index in [1.54, 1.807) is 11.1 Å². The molecule has 1 atom stereocenters. The topological polar surface area (TPSA) is 105 Å². The van der Waals surface area contributed by atoms with Gasteiger partial charge in [0, 0.05) is 31.7 Å². The fraction of sp³-hybridized carbons (Fsp3) is 0.444. The molecule has 4 rings (SSSR count). The Bertz CT molecular complexity index is 1100. The first-order valence-corrected chi connectivity index (χ1v) is 13.4. The van der Waals surface area contributed by atoms with Gasteiger partial charge in [-0.1, -0.05) is 30.3 Å². The van der Waals surface area contributed by atoms with Crippen LogP contribution in [0.15, 0.2) is 36.5 Å². The van der Waals surface area contributed by atoms with Gasteiger partial charge in [0.1, 0.15) is 9.88 Å². The van der Waals surface area contributed by atoms with Crippen LogP contribution in [0.4, 0.5) is 0 Å². The summed E-state index contributed by atoms with van der Waals surface area (Å²) in [7, 11) is -6.95. The Morgan fingerprint density at radius 1 is 1.10 bits per heavy atom. The first-order valence-electron chi connectivity index (χ1n) is 9.26. The van der Waals surface area contributed by atoms with Gasteiger partial charge in [-0.05, 0) is 6.42 Å². The van der Waals surface area contributed by atoms with E-state index in [1.807, 2.05) is 30.3 Å². The molecular weight excluding hydrogens is 434 g/mol. The number of piperazine rings is 1. The van der Waals surface area contributed by atoms with Crippen molar-refractivity contribution in [2.75, 3.05) is 37.7 Å². The van der Waals surface area contributed by atoms with Gasteiger partial charge in [0.2, 0.25) is 10.0 Å². The molecule has 1 unspecified atom stereocenters. The molecule has 2 aliphatic rings. The van der Waals surface area contributed by atoms with Crippen LogP contribution in [-0.4, -0.2) is 79.9 Å². The molecule has 1 aromatic carbocycles. The van der Waals surface area contributed by atoms with Crippen LogP contribution in [-0.2, 0) is 19.9 Å². The van der Waals surface area contributed by atoms with Crippen LogP contribution < -0.4 is 0 Å². The predicted octanol–water partition coefficient (Wildman–Crippen LogP) is 1.08. The first-order chi connectivity index (χ1) is 13.8. The normalized spacial score (nSPS) is 22.6. The molecule has 0 spiro atoms. The number of carbonyl (C=O) groups is 1. The molecule has 0 radical (unpaired) electrons. The smallest absolute Gasteiger partial charge is 0.265 e. The first kappa shape index (κ1) is 20.5. The van der Waals surface area contributed by atoms with E-state index in [0.717, 1.165) is 10.6 Å². The van der Waals surface area contributed by atoms with Gasteiger partial charge in [0.25, 0.3) is 5.91 Å². The Labute approximate surface area is 174 Å². The van der Waals surface area contributed by atoms with Gasteiger partial charge in [-0.25, -0.2) is 21.8 Å². The molecule has 0 bridgehead atoms. The van der Waals surface area contributed by atoms with Crippen LogP contribution >= 0.6 is 11.3 Å². The van der Waals surface area contributed by atoms with Gasteiger partial charge >= 0.3 is 0 Å². The minimum absolute atomic E-state index is 0.0789. The highest BCUT2D eigenvalue weighted by atomic mass is 32.2. The molecule has 1 aromatic heterocycles. The summed E-state index contributed by atoms with van der Waals surface area (Å²) in [5.41, 5.74) is 0.943. The lowest BCUT2D eigenvalue weighted by Gasteiger charge is -2.34. The second-order valence-electron chi connectivity index (χ2n) is 7.16. The van der Waals surface area contributed by atoms with Crippen molar-refractivity contribution in [2.24, 2.45) is 0 Å². The van der Waals surface area contributed by atoms with Crippen LogP contribution in [0.5, 0.6) is 0 Å². The van der Waals surface area contributed by atoms with Crippen molar-refractivity contribution < 1.29 is 21.6 Å². The Kier molecular flexibility index (Phi) is 5.49. The molecule has 2 aromatic rings. The number of amides is 1. The molecule has 1 amide bonds. The monoisotopic (exact) mass is 455 g/mol. The van der Waals surface area contributed by atoms with Crippen molar-refractivity contribution in [3.8, 4) is 10.6 Å². The highest BCUT2D eigenvalue weighted by molar-refractivity contribution is 7.95. The number of carbonyl (C=O) groups excluding carboxylic acids is 1. The number of thiazole rings is 1. The Morgan fingerprint density at radius 2 is 1.79 bits per heavy atom. The standard InChI is InChI=1S/C18H21N3O5S3/c22-18(16-12-19-17(27-16)14-4-2-1-3-5-14)20-7-9-21(10-8-20)29(25,26)15-6-11-28(23,24)13-15/h1-5,12,15H,6-11,13H2. The third-order valence-corrected chi connectivity index (χ3v) is 10.6. The number of hydrogen-bond acceptors (Lipinski definition) is 7. The zero-order valence-corrected chi connectivity index (χ0v) is 18.0. The zero-order chi connectivity index (χ0) is 20.6. The Balaban J connectivity index is 1.40. The van der Waals surface area contributed by atoms with E-state index in [0.29, 0.717) is 4.88 Å². The van der Waals surface area contributed by atoms with E-state index >= 15 is 0 Å². The summed E-state index contributed by atoms with van der Waals surface area (Å²) in [6.45, 7) is 0.899.